The maximum absolute atomic E-state index is 6.10. The molecule has 2 nitrogen and oxygen atoms in total. The summed E-state index contributed by atoms with van der Waals surface area (Å²) in [7, 11) is 0. The van der Waals surface area contributed by atoms with Crippen LogP contribution in [0.5, 0.6) is 0 Å². The molecule has 0 amide bonds. The maximum atomic E-state index is 6.10. The molecular weight excluding hydrogens is 360 g/mol. The van der Waals surface area contributed by atoms with Gasteiger partial charge in [0.2, 0.25) is 0 Å². The zero-order chi connectivity index (χ0) is 17.3. The van der Waals surface area contributed by atoms with E-state index < -0.39 is 0 Å². The topological polar surface area (TPSA) is 52.0 Å². The van der Waals surface area contributed by atoms with Crippen LogP contribution in [0.4, 0.5) is 5.69 Å². The number of allylic oxidation sites excluding steroid dienone is 4. The molecule has 0 saturated heterocycles. The van der Waals surface area contributed by atoms with Gasteiger partial charge in [-0.15, -0.1) is 0 Å². The third-order valence-corrected chi connectivity index (χ3v) is 3.71. The van der Waals surface area contributed by atoms with E-state index in [1.165, 1.54) is 6.20 Å². The Hall–Kier alpha value is -1.45. The first-order valence-corrected chi connectivity index (χ1v) is 8.36. The molecule has 1 atom stereocenters. The quantitative estimate of drug-likeness (QED) is 0.372. The van der Waals surface area contributed by atoms with Crippen LogP contribution < -0.4 is 11.5 Å². The number of rotatable bonds is 5. The molecule has 0 radical (unpaired) electrons. The number of nitrogens with two attached hydrogens (primary N) is 2. The van der Waals surface area contributed by atoms with Crippen molar-refractivity contribution >= 4 is 43.8 Å². The molecule has 4 heteroatoms. The van der Waals surface area contributed by atoms with Crippen molar-refractivity contribution in [1.82, 2.24) is 0 Å². The van der Waals surface area contributed by atoms with Crippen LogP contribution in [-0.2, 0) is 0 Å². The smallest absolute Gasteiger partial charge is 0.0653 e. The second kappa shape index (κ2) is 10.3. The Morgan fingerprint density at radius 1 is 1.27 bits per heavy atom. The zero-order valence-electron chi connectivity index (χ0n) is 13.4. The van der Waals surface area contributed by atoms with Gasteiger partial charge in [0.1, 0.15) is 0 Å². The highest BCUT2D eigenvalue weighted by Gasteiger charge is 2.15. The summed E-state index contributed by atoms with van der Waals surface area (Å²) >= 11 is 9.68. The van der Waals surface area contributed by atoms with E-state index in [2.05, 4.69) is 29.1 Å². The van der Waals surface area contributed by atoms with Gasteiger partial charge in [-0.2, -0.15) is 0 Å². The molecule has 1 unspecified atom stereocenters. The van der Waals surface area contributed by atoms with Crippen LogP contribution in [-0.4, -0.2) is 0 Å². The first kappa shape index (κ1) is 20.6. The van der Waals surface area contributed by atoms with Crippen LogP contribution in [0.15, 0.2) is 49.7 Å². The summed E-state index contributed by atoms with van der Waals surface area (Å²) in [5.74, 6) is 0. The lowest BCUT2D eigenvalue weighted by Crippen LogP contribution is -2.00. The largest absolute Gasteiger partial charge is 0.403 e. The van der Waals surface area contributed by atoms with Gasteiger partial charge >= 0.3 is 0 Å². The average molecular weight is 384 g/mol. The van der Waals surface area contributed by atoms with Gasteiger partial charge in [0.25, 0.3) is 0 Å². The lowest BCUT2D eigenvalue weighted by Gasteiger charge is -2.16. The number of hydrogen-bond acceptors (Lipinski definition) is 2. The summed E-state index contributed by atoms with van der Waals surface area (Å²) < 4.78 is 0. The summed E-state index contributed by atoms with van der Waals surface area (Å²) in [6.45, 7) is 13.6. The van der Waals surface area contributed by atoms with Gasteiger partial charge in [-0.3, -0.25) is 0 Å². The molecule has 22 heavy (non-hydrogen) atoms. The molecule has 0 saturated carbocycles. The zero-order valence-corrected chi connectivity index (χ0v) is 15.7. The fourth-order valence-corrected chi connectivity index (χ4v) is 2.45. The number of alkyl halides is 1. The lowest BCUT2D eigenvalue weighted by molar-refractivity contribution is 1.11. The van der Waals surface area contributed by atoms with Crippen molar-refractivity contribution < 1.29 is 0 Å². The van der Waals surface area contributed by atoms with E-state index in [0.29, 0.717) is 16.3 Å². The summed E-state index contributed by atoms with van der Waals surface area (Å²) in [5, 5.41) is 0.416. The number of nitrogen functional groups attached to an aromatic ring is 1. The van der Waals surface area contributed by atoms with Crippen LogP contribution >= 0.6 is 27.5 Å². The Morgan fingerprint density at radius 2 is 1.86 bits per heavy atom. The van der Waals surface area contributed by atoms with E-state index in [-0.39, 0.29) is 4.83 Å². The molecule has 0 heterocycles. The molecule has 0 bridgehead atoms. The highest BCUT2D eigenvalue weighted by Crippen LogP contribution is 2.36. The molecular formula is C18H24BrClN2. The molecule has 0 aliphatic rings. The van der Waals surface area contributed by atoms with Gasteiger partial charge < -0.3 is 11.5 Å². The van der Waals surface area contributed by atoms with Crippen molar-refractivity contribution in [3.05, 3.63) is 66.4 Å². The molecule has 1 rings (SSSR count). The Kier molecular flexibility index (Phi) is 9.63. The fourth-order valence-electron chi connectivity index (χ4n) is 1.90. The van der Waals surface area contributed by atoms with Crippen molar-refractivity contribution in [3.63, 3.8) is 0 Å². The Morgan fingerprint density at radius 3 is 2.27 bits per heavy atom. The van der Waals surface area contributed by atoms with Crippen LogP contribution in [0, 0.1) is 0 Å². The molecule has 0 fully saturated rings. The van der Waals surface area contributed by atoms with Gasteiger partial charge in [-0.1, -0.05) is 72.8 Å². The van der Waals surface area contributed by atoms with Crippen LogP contribution in [0.3, 0.4) is 0 Å². The van der Waals surface area contributed by atoms with Crippen molar-refractivity contribution in [1.29, 1.82) is 0 Å². The molecule has 4 N–H and O–H groups in total. The average Bonchev–Trinajstić information content (AvgIpc) is 2.53. The molecule has 1 aromatic rings. The second-order valence-electron chi connectivity index (χ2n) is 4.22. The van der Waals surface area contributed by atoms with Gasteiger partial charge in [-0.25, -0.2) is 0 Å². The van der Waals surface area contributed by atoms with E-state index in [4.69, 9.17) is 23.1 Å². The summed E-state index contributed by atoms with van der Waals surface area (Å²) in [5.41, 5.74) is 15.8. The highest BCUT2D eigenvalue weighted by molar-refractivity contribution is 9.09. The standard InChI is InChI=1S/C16H18BrClN2.C2H6/c1-4-6-11(5-2)13-7-14(15(18)9-19)16(20)8-12(13)10(3)17;1-2/h4-10H,1-2,19-20H2,3H3;1-2H3/b11-6+,15-9+;. The second-order valence-corrected chi connectivity index (χ2v) is 6.00. The normalized spacial score (nSPS) is 13.0. The number of anilines is 1. The van der Waals surface area contributed by atoms with Crippen LogP contribution in [0.25, 0.3) is 10.6 Å². The monoisotopic (exact) mass is 382 g/mol. The third-order valence-electron chi connectivity index (χ3n) is 2.88. The van der Waals surface area contributed by atoms with Gasteiger partial charge in [0.05, 0.1) is 5.03 Å². The third kappa shape index (κ3) is 5.08. The molecule has 0 aliphatic carbocycles. The Balaban J connectivity index is 0.00000211. The van der Waals surface area contributed by atoms with Crippen LogP contribution in [0.1, 0.15) is 42.3 Å². The van der Waals surface area contributed by atoms with Gasteiger partial charge in [-0.05, 0) is 35.8 Å². The number of hydrogen-bond donors (Lipinski definition) is 2. The van der Waals surface area contributed by atoms with E-state index in [9.17, 15) is 0 Å². The van der Waals surface area contributed by atoms with Crippen molar-refractivity contribution in [2.24, 2.45) is 5.73 Å². The predicted octanol–water partition coefficient (Wildman–Crippen LogP) is 6.00. The van der Waals surface area contributed by atoms with Crippen molar-refractivity contribution in [3.8, 4) is 0 Å². The Bertz CT molecular complexity index is 587. The lowest BCUT2D eigenvalue weighted by atomic mass is 9.94. The minimum Gasteiger partial charge on any atom is -0.403 e. The summed E-state index contributed by atoms with van der Waals surface area (Å²) in [6, 6.07) is 3.82. The predicted molar refractivity (Wildman–Crippen MR) is 106 cm³/mol. The SMILES string of the molecule is C=C/C=C(\C=C)c1cc(/C(Cl)=C\N)c(N)cc1C(C)Br.CC. The van der Waals surface area contributed by atoms with E-state index in [1.807, 2.05) is 39.0 Å². The molecule has 0 spiro atoms. The van der Waals surface area contributed by atoms with E-state index in [1.54, 1.807) is 12.2 Å². The van der Waals surface area contributed by atoms with Crippen molar-refractivity contribution in [2.45, 2.75) is 25.6 Å². The summed E-state index contributed by atoms with van der Waals surface area (Å²) in [6.07, 6.45) is 6.71. The van der Waals surface area contributed by atoms with Crippen LogP contribution in [0.2, 0.25) is 0 Å². The van der Waals surface area contributed by atoms with Gasteiger partial charge in [0, 0.05) is 22.3 Å². The minimum atomic E-state index is 0.141. The Labute approximate surface area is 147 Å². The molecule has 0 aliphatic heterocycles. The summed E-state index contributed by atoms with van der Waals surface area (Å²) in [4.78, 5) is 0.141. The molecule has 0 aromatic heterocycles. The minimum absolute atomic E-state index is 0.141. The van der Waals surface area contributed by atoms with E-state index in [0.717, 1.165) is 16.7 Å². The van der Waals surface area contributed by atoms with Crippen molar-refractivity contribution in [2.75, 3.05) is 5.73 Å². The van der Waals surface area contributed by atoms with E-state index >= 15 is 0 Å². The fraction of sp³-hybridized carbons (Fsp3) is 0.222. The first-order chi connectivity index (χ1) is 10.5. The molecule has 120 valence electrons. The number of halogens is 2. The highest BCUT2D eigenvalue weighted by atomic mass is 79.9. The number of benzene rings is 1. The first-order valence-electron chi connectivity index (χ1n) is 7.07. The molecule has 1 aromatic carbocycles. The maximum Gasteiger partial charge on any atom is 0.0653 e. The van der Waals surface area contributed by atoms with Gasteiger partial charge in [0.15, 0.2) is 0 Å².